The third-order valence-electron chi connectivity index (χ3n) is 2.04. The molecule has 0 saturated carbocycles. The molecule has 0 aromatic rings. The van der Waals surface area contributed by atoms with Crippen molar-refractivity contribution in [2.45, 2.75) is 30.8 Å². The van der Waals surface area contributed by atoms with Crippen LogP contribution in [0.2, 0.25) is 0 Å². The molecule has 0 saturated heterocycles. The normalized spacial score (nSPS) is 17.2. The standard InChI is InChI=1S/C9H18O8.H3N/c10-2-1-3-17-9(16)8(15)7(14)6(13)5(12)4-11;/h5-8,10-15H,1-4H2;1H3. The number of carbonyl (C=O) groups excluding carboxylic acids is 1. The van der Waals surface area contributed by atoms with Gasteiger partial charge in [-0.3, -0.25) is 0 Å². The van der Waals surface area contributed by atoms with Gasteiger partial charge in [0.1, 0.15) is 18.3 Å². The van der Waals surface area contributed by atoms with Gasteiger partial charge in [0.05, 0.1) is 13.2 Å². The summed E-state index contributed by atoms with van der Waals surface area (Å²) in [5, 5.41) is 53.7. The first-order valence-corrected chi connectivity index (χ1v) is 5.06. The summed E-state index contributed by atoms with van der Waals surface area (Å²) in [5.74, 6) is -1.19. The van der Waals surface area contributed by atoms with Crippen LogP contribution < -0.4 is 6.15 Å². The maximum atomic E-state index is 11.1. The highest BCUT2D eigenvalue weighted by molar-refractivity contribution is 5.75. The number of hydrogen-bond acceptors (Lipinski definition) is 9. The Kier molecular flexibility index (Phi) is 11.0. The minimum Gasteiger partial charge on any atom is -0.464 e. The van der Waals surface area contributed by atoms with E-state index in [1.54, 1.807) is 0 Å². The first-order valence-electron chi connectivity index (χ1n) is 5.06. The van der Waals surface area contributed by atoms with Gasteiger partial charge in [-0.25, -0.2) is 4.79 Å². The van der Waals surface area contributed by atoms with Gasteiger partial charge in [-0.2, -0.15) is 0 Å². The monoisotopic (exact) mass is 271 g/mol. The minimum atomic E-state index is -2.04. The zero-order valence-electron chi connectivity index (χ0n) is 9.84. The summed E-state index contributed by atoms with van der Waals surface area (Å²) in [6, 6.07) is 0. The molecule has 0 aliphatic heterocycles. The number of aliphatic hydroxyl groups excluding tert-OH is 6. The van der Waals surface area contributed by atoms with Gasteiger partial charge in [0.25, 0.3) is 0 Å². The molecule has 18 heavy (non-hydrogen) atoms. The summed E-state index contributed by atoms with van der Waals surface area (Å²) in [4.78, 5) is 11.1. The van der Waals surface area contributed by atoms with Crippen LogP contribution in [0.5, 0.6) is 0 Å². The van der Waals surface area contributed by atoms with Gasteiger partial charge in [0.2, 0.25) is 0 Å². The van der Waals surface area contributed by atoms with Gasteiger partial charge in [0.15, 0.2) is 6.10 Å². The molecule has 0 heterocycles. The van der Waals surface area contributed by atoms with E-state index in [4.69, 9.17) is 15.3 Å². The van der Waals surface area contributed by atoms with Crippen LogP contribution in [-0.4, -0.2) is 80.8 Å². The van der Waals surface area contributed by atoms with E-state index >= 15 is 0 Å². The summed E-state index contributed by atoms with van der Waals surface area (Å²) in [7, 11) is 0. The fourth-order valence-corrected chi connectivity index (χ4v) is 0.984. The Morgan fingerprint density at radius 3 is 2.06 bits per heavy atom. The smallest absolute Gasteiger partial charge is 0.337 e. The van der Waals surface area contributed by atoms with Gasteiger partial charge < -0.3 is 41.5 Å². The van der Waals surface area contributed by atoms with Crippen molar-refractivity contribution < 1.29 is 40.2 Å². The predicted octanol–water partition coefficient (Wildman–Crippen LogP) is -3.49. The SMILES string of the molecule is N.O=C(OCCCO)C(O)C(O)C(O)C(O)CO. The molecule has 0 rings (SSSR count). The van der Waals surface area contributed by atoms with E-state index in [1.807, 2.05) is 0 Å². The highest BCUT2D eigenvalue weighted by Gasteiger charge is 2.34. The van der Waals surface area contributed by atoms with Crippen molar-refractivity contribution in [2.75, 3.05) is 19.8 Å². The lowest BCUT2D eigenvalue weighted by Crippen LogP contribution is -2.49. The van der Waals surface area contributed by atoms with Crippen molar-refractivity contribution in [1.29, 1.82) is 0 Å². The molecule has 0 aromatic heterocycles. The van der Waals surface area contributed by atoms with Crippen LogP contribution in [0.1, 0.15) is 6.42 Å². The summed E-state index contributed by atoms with van der Waals surface area (Å²) in [5.41, 5.74) is 0. The second kappa shape index (κ2) is 10.1. The van der Waals surface area contributed by atoms with Gasteiger partial charge in [-0.05, 0) is 0 Å². The van der Waals surface area contributed by atoms with Gasteiger partial charge in [-0.1, -0.05) is 0 Å². The molecule has 0 amide bonds. The Hall–Kier alpha value is -0.810. The topological polar surface area (TPSA) is 183 Å². The third-order valence-corrected chi connectivity index (χ3v) is 2.04. The van der Waals surface area contributed by atoms with Crippen LogP contribution in [0, 0.1) is 0 Å². The molecule has 0 aliphatic rings. The molecule has 0 spiro atoms. The maximum absolute atomic E-state index is 11.1. The number of hydrogen-bond donors (Lipinski definition) is 7. The number of esters is 1. The highest BCUT2D eigenvalue weighted by Crippen LogP contribution is 2.06. The van der Waals surface area contributed by atoms with Crippen molar-refractivity contribution in [3.8, 4) is 0 Å². The van der Waals surface area contributed by atoms with Gasteiger partial charge in [0, 0.05) is 13.0 Å². The lowest BCUT2D eigenvalue weighted by atomic mass is 10.0. The van der Waals surface area contributed by atoms with Crippen LogP contribution in [-0.2, 0) is 9.53 Å². The first-order chi connectivity index (χ1) is 7.95. The third kappa shape index (κ3) is 6.21. The summed E-state index contributed by atoms with van der Waals surface area (Å²) in [6.45, 7) is -1.17. The van der Waals surface area contributed by atoms with E-state index in [-0.39, 0.29) is 25.8 Å². The fraction of sp³-hybridized carbons (Fsp3) is 0.889. The van der Waals surface area contributed by atoms with Crippen molar-refractivity contribution >= 4 is 5.97 Å². The Labute approximate surface area is 104 Å². The zero-order chi connectivity index (χ0) is 13.4. The molecule has 0 aromatic carbocycles. The van der Waals surface area contributed by atoms with Crippen molar-refractivity contribution in [1.82, 2.24) is 6.15 Å². The lowest BCUT2D eigenvalue weighted by Gasteiger charge is -2.24. The fourth-order valence-electron chi connectivity index (χ4n) is 0.984. The molecule has 0 fully saturated rings. The van der Waals surface area contributed by atoms with Crippen molar-refractivity contribution in [2.24, 2.45) is 0 Å². The highest BCUT2D eigenvalue weighted by atomic mass is 16.5. The Balaban J connectivity index is 0. The molecule has 9 nitrogen and oxygen atoms in total. The predicted molar refractivity (Wildman–Crippen MR) is 58.8 cm³/mol. The number of carbonyl (C=O) groups is 1. The average Bonchev–Trinajstić information content (AvgIpc) is 2.35. The van der Waals surface area contributed by atoms with E-state index in [1.165, 1.54) is 0 Å². The molecular weight excluding hydrogens is 250 g/mol. The molecule has 0 bridgehead atoms. The van der Waals surface area contributed by atoms with E-state index in [0.29, 0.717) is 0 Å². The van der Waals surface area contributed by atoms with E-state index in [2.05, 4.69) is 4.74 Å². The summed E-state index contributed by atoms with van der Waals surface area (Å²) in [6.07, 6.45) is -7.38. The van der Waals surface area contributed by atoms with Crippen LogP contribution in [0.15, 0.2) is 0 Å². The molecular formula is C9H21NO8. The largest absolute Gasteiger partial charge is 0.464 e. The lowest BCUT2D eigenvalue weighted by molar-refractivity contribution is -0.170. The van der Waals surface area contributed by atoms with Crippen molar-refractivity contribution in [3.63, 3.8) is 0 Å². The van der Waals surface area contributed by atoms with Crippen LogP contribution in [0.3, 0.4) is 0 Å². The Morgan fingerprint density at radius 1 is 1.06 bits per heavy atom. The van der Waals surface area contributed by atoms with E-state index < -0.39 is 37.0 Å². The molecule has 9 N–H and O–H groups in total. The molecule has 0 aliphatic carbocycles. The van der Waals surface area contributed by atoms with Crippen LogP contribution >= 0.6 is 0 Å². The molecule has 4 atom stereocenters. The number of aliphatic hydroxyl groups is 6. The maximum Gasteiger partial charge on any atom is 0.337 e. The summed E-state index contributed by atoms with van der Waals surface area (Å²) >= 11 is 0. The second-order valence-electron chi connectivity index (χ2n) is 3.42. The zero-order valence-corrected chi connectivity index (χ0v) is 9.84. The van der Waals surface area contributed by atoms with Crippen LogP contribution in [0.25, 0.3) is 0 Å². The number of rotatable bonds is 8. The van der Waals surface area contributed by atoms with E-state index in [0.717, 1.165) is 0 Å². The molecule has 9 heteroatoms. The second-order valence-corrected chi connectivity index (χ2v) is 3.42. The Morgan fingerprint density at radius 2 is 1.61 bits per heavy atom. The summed E-state index contributed by atoms with van der Waals surface area (Å²) < 4.78 is 4.46. The first kappa shape index (κ1) is 19.5. The van der Waals surface area contributed by atoms with Gasteiger partial charge in [-0.15, -0.1) is 0 Å². The van der Waals surface area contributed by atoms with Crippen molar-refractivity contribution in [3.05, 3.63) is 0 Å². The van der Waals surface area contributed by atoms with Crippen LogP contribution in [0.4, 0.5) is 0 Å². The van der Waals surface area contributed by atoms with Gasteiger partial charge >= 0.3 is 5.97 Å². The van der Waals surface area contributed by atoms with E-state index in [9.17, 15) is 20.1 Å². The molecule has 4 unspecified atom stereocenters. The minimum absolute atomic E-state index is 0. The quantitative estimate of drug-likeness (QED) is 0.174. The average molecular weight is 271 g/mol. The molecule has 110 valence electrons. The molecule has 0 radical (unpaired) electrons. The Bertz CT molecular complexity index is 227. The number of ether oxygens (including phenoxy) is 1.